The summed E-state index contributed by atoms with van der Waals surface area (Å²) in [5.74, 6) is 0.263. The second-order valence-corrected chi connectivity index (χ2v) is 5.56. The predicted molar refractivity (Wildman–Crippen MR) is 81.2 cm³/mol. The minimum absolute atomic E-state index is 0.0446. The minimum atomic E-state index is -0.0446. The fourth-order valence-electron chi connectivity index (χ4n) is 2.07. The van der Waals surface area contributed by atoms with E-state index in [9.17, 15) is 4.79 Å². The molecule has 2 heterocycles. The number of amides is 1. The monoisotopic (exact) mass is 296 g/mol. The Hall–Kier alpha value is -1.60. The lowest BCUT2D eigenvalue weighted by Crippen LogP contribution is -2.35. The van der Waals surface area contributed by atoms with E-state index in [0.29, 0.717) is 35.5 Å². The average Bonchev–Trinajstić information content (AvgIpc) is 2.80. The fourth-order valence-corrected chi connectivity index (χ4v) is 2.99. The van der Waals surface area contributed by atoms with Crippen LogP contribution in [0.25, 0.3) is 0 Å². The molecule has 0 saturated heterocycles. The molecule has 110 valence electrons. The number of hydrogen-bond donors (Lipinski definition) is 2. The number of carbonyl (C=O) groups is 1. The zero-order valence-electron chi connectivity index (χ0n) is 11.8. The lowest BCUT2D eigenvalue weighted by Gasteiger charge is -2.25. The number of aromatic nitrogens is 1. The van der Waals surface area contributed by atoms with Crippen molar-refractivity contribution < 1.29 is 9.53 Å². The molecule has 0 bridgehead atoms. The Kier molecular flexibility index (Phi) is 4.97. The zero-order valence-corrected chi connectivity index (χ0v) is 12.6. The van der Waals surface area contributed by atoms with E-state index in [-0.39, 0.29) is 5.91 Å². The molecule has 7 heteroatoms. The number of nitrogens with two attached hydrogens (primary N) is 1. The first kappa shape index (κ1) is 14.8. The summed E-state index contributed by atoms with van der Waals surface area (Å²) >= 11 is 1.31. The molecule has 2 rings (SSSR count). The molecule has 1 aromatic rings. The maximum atomic E-state index is 12.4. The molecular weight excluding hydrogens is 276 g/mol. The van der Waals surface area contributed by atoms with Crippen LogP contribution in [0.1, 0.15) is 23.0 Å². The topological polar surface area (TPSA) is 80.5 Å². The predicted octanol–water partition coefficient (Wildman–Crippen LogP) is 1.58. The number of rotatable bonds is 5. The van der Waals surface area contributed by atoms with E-state index in [4.69, 9.17) is 10.5 Å². The third-order valence-corrected chi connectivity index (χ3v) is 4.11. The van der Waals surface area contributed by atoms with Crippen LogP contribution in [0.15, 0.2) is 11.6 Å². The van der Waals surface area contributed by atoms with Gasteiger partial charge in [-0.15, -0.1) is 0 Å². The summed E-state index contributed by atoms with van der Waals surface area (Å²) in [4.78, 5) is 18.9. The van der Waals surface area contributed by atoms with Gasteiger partial charge in [0.25, 0.3) is 5.91 Å². The Balaban J connectivity index is 2.05. The lowest BCUT2D eigenvalue weighted by molar-refractivity contribution is 0.0770. The standard InChI is InChI=1S/C13H20N4O2S/c1-3-15-13-16-11(14)10(20-13)12(18)17-6-4-9(5-7-17)8-19-2/h4H,3,5-8,14H2,1-2H3,(H,15,16). The highest BCUT2D eigenvalue weighted by molar-refractivity contribution is 7.18. The molecule has 1 aliphatic heterocycles. The molecule has 0 spiro atoms. The van der Waals surface area contributed by atoms with Crippen molar-refractivity contribution in [1.82, 2.24) is 9.88 Å². The van der Waals surface area contributed by atoms with Crippen LogP contribution >= 0.6 is 11.3 Å². The minimum Gasteiger partial charge on any atom is -0.382 e. The quantitative estimate of drug-likeness (QED) is 0.806. The van der Waals surface area contributed by atoms with Crippen molar-refractivity contribution in [2.24, 2.45) is 0 Å². The first-order valence-electron chi connectivity index (χ1n) is 6.62. The van der Waals surface area contributed by atoms with Gasteiger partial charge in [-0.25, -0.2) is 4.98 Å². The van der Waals surface area contributed by atoms with Gasteiger partial charge in [-0.1, -0.05) is 17.4 Å². The largest absolute Gasteiger partial charge is 0.382 e. The molecule has 6 nitrogen and oxygen atoms in total. The summed E-state index contributed by atoms with van der Waals surface area (Å²) in [5.41, 5.74) is 7.07. The van der Waals surface area contributed by atoms with Crippen molar-refractivity contribution in [3.63, 3.8) is 0 Å². The molecule has 20 heavy (non-hydrogen) atoms. The normalized spacial score (nSPS) is 15.1. The van der Waals surface area contributed by atoms with Crippen molar-refractivity contribution >= 4 is 28.2 Å². The molecule has 0 aliphatic carbocycles. The maximum Gasteiger partial charge on any atom is 0.268 e. The van der Waals surface area contributed by atoms with Crippen molar-refractivity contribution in [3.05, 3.63) is 16.5 Å². The van der Waals surface area contributed by atoms with Crippen LogP contribution in [0.3, 0.4) is 0 Å². The molecular formula is C13H20N4O2S. The summed E-state index contributed by atoms with van der Waals surface area (Å²) in [6, 6.07) is 0. The molecule has 0 unspecified atom stereocenters. The molecule has 1 aliphatic rings. The number of carbonyl (C=O) groups excluding carboxylic acids is 1. The van der Waals surface area contributed by atoms with E-state index in [1.807, 2.05) is 13.0 Å². The van der Waals surface area contributed by atoms with Crippen molar-refractivity contribution in [2.75, 3.05) is 44.4 Å². The number of thiazole rings is 1. The van der Waals surface area contributed by atoms with Gasteiger partial charge < -0.3 is 20.7 Å². The van der Waals surface area contributed by atoms with Gasteiger partial charge in [0.2, 0.25) is 0 Å². The Morgan fingerprint density at radius 2 is 2.45 bits per heavy atom. The Morgan fingerprint density at radius 3 is 3.05 bits per heavy atom. The van der Waals surface area contributed by atoms with E-state index in [1.165, 1.54) is 16.9 Å². The van der Waals surface area contributed by atoms with Crippen LogP contribution in [0.4, 0.5) is 10.9 Å². The van der Waals surface area contributed by atoms with Crippen molar-refractivity contribution in [3.8, 4) is 0 Å². The van der Waals surface area contributed by atoms with Crippen LogP contribution in [-0.2, 0) is 4.74 Å². The molecule has 0 saturated carbocycles. The summed E-state index contributed by atoms with van der Waals surface area (Å²) in [5, 5.41) is 3.77. The third-order valence-electron chi connectivity index (χ3n) is 3.10. The molecule has 0 radical (unpaired) electrons. The van der Waals surface area contributed by atoms with Gasteiger partial charge in [0.05, 0.1) is 6.61 Å². The number of anilines is 2. The second-order valence-electron chi connectivity index (χ2n) is 4.56. The van der Waals surface area contributed by atoms with E-state index >= 15 is 0 Å². The van der Waals surface area contributed by atoms with Crippen molar-refractivity contribution in [2.45, 2.75) is 13.3 Å². The van der Waals surface area contributed by atoms with Gasteiger partial charge in [-0.3, -0.25) is 4.79 Å². The molecule has 0 fully saturated rings. The number of methoxy groups -OCH3 is 1. The number of nitrogens with zero attached hydrogens (tertiary/aromatic N) is 2. The van der Waals surface area contributed by atoms with Gasteiger partial charge in [0, 0.05) is 26.7 Å². The summed E-state index contributed by atoms with van der Waals surface area (Å²) in [6.45, 7) is 4.67. The van der Waals surface area contributed by atoms with Gasteiger partial charge in [-0.05, 0) is 18.9 Å². The Morgan fingerprint density at radius 1 is 1.65 bits per heavy atom. The summed E-state index contributed by atoms with van der Waals surface area (Å²) < 4.78 is 5.10. The number of hydrogen-bond acceptors (Lipinski definition) is 6. The second kappa shape index (κ2) is 6.71. The SMILES string of the molecule is CCNc1nc(N)c(C(=O)N2CC=C(COC)CC2)s1. The van der Waals surface area contributed by atoms with Crippen LogP contribution in [0.2, 0.25) is 0 Å². The number of ether oxygens (including phenoxy) is 1. The van der Waals surface area contributed by atoms with Gasteiger partial charge in [0.15, 0.2) is 5.13 Å². The first-order chi connectivity index (χ1) is 9.65. The smallest absolute Gasteiger partial charge is 0.268 e. The third kappa shape index (κ3) is 3.29. The molecule has 0 atom stereocenters. The highest BCUT2D eigenvalue weighted by atomic mass is 32.1. The van der Waals surface area contributed by atoms with Crippen molar-refractivity contribution in [1.29, 1.82) is 0 Å². The van der Waals surface area contributed by atoms with Gasteiger partial charge in [0.1, 0.15) is 10.7 Å². The Labute approximate surface area is 122 Å². The zero-order chi connectivity index (χ0) is 14.5. The van der Waals surface area contributed by atoms with E-state index < -0.39 is 0 Å². The van der Waals surface area contributed by atoms with Crippen LogP contribution in [0, 0.1) is 0 Å². The van der Waals surface area contributed by atoms with Gasteiger partial charge >= 0.3 is 0 Å². The van der Waals surface area contributed by atoms with E-state index in [1.54, 1.807) is 12.0 Å². The summed E-state index contributed by atoms with van der Waals surface area (Å²) in [6.07, 6.45) is 2.89. The summed E-state index contributed by atoms with van der Waals surface area (Å²) in [7, 11) is 1.68. The maximum absolute atomic E-state index is 12.4. The molecule has 3 N–H and O–H groups in total. The average molecular weight is 296 g/mol. The highest BCUT2D eigenvalue weighted by Crippen LogP contribution is 2.27. The van der Waals surface area contributed by atoms with Crippen LogP contribution in [0.5, 0.6) is 0 Å². The van der Waals surface area contributed by atoms with E-state index in [2.05, 4.69) is 10.3 Å². The fraction of sp³-hybridized carbons (Fsp3) is 0.538. The highest BCUT2D eigenvalue weighted by Gasteiger charge is 2.23. The van der Waals surface area contributed by atoms with Crippen LogP contribution < -0.4 is 11.1 Å². The number of nitrogen functional groups attached to an aromatic ring is 1. The molecule has 1 amide bonds. The lowest BCUT2D eigenvalue weighted by atomic mass is 10.1. The van der Waals surface area contributed by atoms with Crippen LogP contribution in [-0.4, -0.2) is 49.1 Å². The molecule has 0 aromatic carbocycles. The van der Waals surface area contributed by atoms with E-state index in [0.717, 1.165) is 13.0 Å². The first-order valence-corrected chi connectivity index (χ1v) is 7.43. The Bertz CT molecular complexity index is 512. The van der Waals surface area contributed by atoms with Gasteiger partial charge in [-0.2, -0.15) is 0 Å². The molecule has 1 aromatic heterocycles. The number of nitrogens with one attached hydrogen (secondary N) is 1.